The smallest absolute Gasteiger partial charge is 0.332 e. The topological polar surface area (TPSA) is 143 Å². The molecule has 0 saturated carbocycles. The molecule has 0 aliphatic heterocycles. The monoisotopic (exact) mass is 798 g/mol. The first-order valence-corrected chi connectivity index (χ1v) is 17.6. The summed E-state index contributed by atoms with van der Waals surface area (Å²) in [6.07, 6.45) is 6.47. The average Bonchev–Trinajstić information content (AvgIpc) is 3.12. The molecule has 0 unspecified atom stereocenters. The number of pyridine rings is 2. The van der Waals surface area contributed by atoms with Crippen molar-refractivity contribution in [3.63, 3.8) is 0 Å². The first-order valence-electron chi connectivity index (χ1n) is 16.1. The van der Waals surface area contributed by atoms with Gasteiger partial charge in [0.05, 0.1) is 17.0 Å². The Morgan fingerprint density at radius 1 is 0.686 bits per heavy atom. The molecule has 268 valence electrons. The highest BCUT2D eigenvalue weighted by Crippen LogP contribution is 2.24. The van der Waals surface area contributed by atoms with Crippen molar-refractivity contribution in [3.05, 3.63) is 129 Å². The molecule has 6 aromatic rings. The Balaban J connectivity index is 0.000000194. The van der Waals surface area contributed by atoms with E-state index in [2.05, 4.69) is 25.9 Å². The number of halogens is 3. The van der Waals surface area contributed by atoms with Crippen LogP contribution in [0.2, 0.25) is 10.0 Å². The Labute approximate surface area is 311 Å². The van der Waals surface area contributed by atoms with Crippen LogP contribution in [0.15, 0.2) is 96.7 Å². The number of aromatic nitrogens is 6. The normalized spacial score (nSPS) is 10.7. The summed E-state index contributed by atoms with van der Waals surface area (Å²) in [6, 6.07) is 16.6. The van der Waals surface area contributed by atoms with Crippen LogP contribution in [0.25, 0.3) is 22.1 Å². The number of aromatic hydroxyl groups is 1. The largest absolute Gasteiger partial charge is 0.508 e. The van der Waals surface area contributed by atoms with E-state index >= 15 is 0 Å². The number of rotatable bonds is 8. The van der Waals surface area contributed by atoms with E-state index in [1.165, 1.54) is 24.5 Å². The highest BCUT2D eigenvalue weighted by molar-refractivity contribution is 9.10. The zero-order chi connectivity index (χ0) is 37.2. The van der Waals surface area contributed by atoms with Crippen molar-refractivity contribution in [3.8, 4) is 17.2 Å². The number of hydrogen-bond donors (Lipinski definition) is 1. The molecule has 0 fully saturated rings. The van der Waals surface area contributed by atoms with Crippen LogP contribution in [-0.4, -0.2) is 33.3 Å². The molecule has 0 aliphatic carbocycles. The Morgan fingerprint density at radius 3 is 1.61 bits per heavy atom. The quantitative estimate of drug-likeness (QED) is 0.173. The summed E-state index contributed by atoms with van der Waals surface area (Å²) in [4.78, 5) is 57.7. The maximum absolute atomic E-state index is 12.7. The lowest BCUT2D eigenvalue weighted by Gasteiger charge is -2.11. The molecule has 2 aromatic carbocycles. The molecule has 1 N–H and O–H groups in total. The fourth-order valence-electron chi connectivity index (χ4n) is 4.89. The van der Waals surface area contributed by atoms with E-state index in [9.17, 15) is 19.2 Å². The number of phenolic OH excluding ortho intramolecular Hbond substituents is 1. The molecular formula is C36H37BrCl2N6O6. The van der Waals surface area contributed by atoms with Crippen LogP contribution in [-0.2, 0) is 27.2 Å². The predicted molar refractivity (Wildman–Crippen MR) is 205 cm³/mol. The number of hydrogen-bond acceptors (Lipinski definition) is 8. The minimum atomic E-state index is -0.357. The first kappa shape index (κ1) is 39.1. The minimum absolute atomic E-state index is 0.245. The van der Waals surface area contributed by atoms with Crippen molar-refractivity contribution in [2.75, 3.05) is 0 Å². The average molecular weight is 801 g/mol. The molecule has 15 heteroatoms. The SMILES string of the molecule is CCCCn1c(=O)c2cc(Br)cnc2n(C)c1=O.CCCCn1c(=O)c2cc(Oc3ccc(Cl)cc3)cnc2n(C)c1=O.Oc1ccc(Cl)cc1. The van der Waals surface area contributed by atoms with Crippen LogP contribution in [0.5, 0.6) is 17.2 Å². The van der Waals surface area contributed by atoms with E-state index in [4.69, 9.17) is 33.0 Å². The van der Waals surface area contributed by atoms with Crippen molar-refractivity contribution in [1.82, 2.24) is 28.2 Å². The van der Waals surface area contributed by atoms with Gasteiger partial charge in [-0.3, -0.25) is 27.9 Å². The van der Waals surface area contributed by atoms with E-state index in [-0.39, 0.29) is 28.2 Å². The summed E-state index contributed by atoms with van der Waals surface area (Å²) >= 11 is 14.6. The van der Waals surface area contributed by atoms with Crippen molar-refractivity contribution in [2.24, 2.45) is 14.1 Å². The van der Waals surface area contributed by atoms with Gasteiger partial charge in [-0.2, -0.15) is 0 Å². The molecule has 0 radical (unpaired) electrons. The van der Waals surface area contributed by atoms with E-state index in [1.807, 2.05) is 13.8 Å². The maximum atomic E-state index is 12.7. The van der Waals surface area contributed by atoms with Gasteiger partial charge in [0.2, 0.25) is 0 Å². The summed E-state index contributed by atoms with van der Waals surface area (Å²) in [5, 5.41) is 10.8. The van der Waals surface area contributed by atoms with E-state index in [0.29, 0.717) is 56.7 Å². The summed E-state index contributed by atoms with van der Waals surface area (Å²) in [6.45, 7) is 4.87. The lowest BCUT2D eigenvalue weighted by Crippen LogP contribution is -2.39. The molecule has 12 nitrogen and oxygen atoms in total. The molecule has 0 bridgehead atoms. The third-order valence-corrected chi connectivity index (χ3v) is 8.58. The van der Waals surface area contributed by atoms with Crippen LogP contribution in [0.3, 0.4) is 0 Å². The number of aryl methyl sites for hydroxylation is 2. The highest BCUT2D eigenvalue weighted by Gasteiger charge is 2.14. The zero-order valence-corrected chi connectivity index (χ0v) is 31.6. The van der Waals surface area contributed by atoms with Gasteiger partial charge >= 0.3 is 11.4 Å². The molecule has 4 aromatic heterocycles. The van der Waals surface area contributed by atoms with Crippen molar-refractivity contribution in [1.29, 1.82) is 0 Å². The van der Waals surface area contributed by atoms with Crippen LogP contribution < -0.4 is 27.2 Å². The first-order chi connectivity index (χ1) is 24.4. The van der Waals surface area contributed by atoms with Gasteiger partial charge in [-0.25, -0.2) is 19.6 Å². The van der Waals surface area contributed by atoms with Crippen LogP contribution >= 0.6 is 39.1 Å². The Morgan fingerprint density at radius 2 is 1.14 bits per heavy atom. The van der Waals surface area contributed by atoms with Crippen molar-refractivity contribution < 1.29 is 9.84 Å². The third kappa shape index (κ3) is 9.75. The third-order valence-electron chi connectivity index (χ3n) is 7.64. The second-order valence-electron chi connectivity index (χ2n) is 11.4. The molecule has 51 heavy (non-hydrogen) atoms. The summed E-state index contributed by atoms with van der Waals surface area (Å²) in [5.74, 6) is 1.25. The zero-order valence-electron chi connectivity index (χ0n) is 28.5. The van der Waals surface area contributed by atoms with Crippen LogP contribution in [0, 0.1) is 0 Å². The molecule has 4 heterocycles. The number of fused-ring (bicyclic) bond motifs is 2. The van der Waals surface area contributed by atoms with Crippen LogP contribution in [0.1, 0.15) is 39.5 Å². The van der Waals surface area contributed by atoms with E-state index < -0.39 is 0 Å². The standard InChI is InChI=1S/C18H18ClN3O3.C12H14BrN3O2.C6H5ClO/c1-3-4-9-22-17(23)15-10-14(11-20-16(15)21(2)18(22)24)25-13-7-5-12(19)6-8-13;1-3-4-5-16-11(17)9-6-8(13)7-14-10(9)15(2)12(16)18;7-5-1-3-6(8)4-2-5/h5-8,10-11H,3-4,9H2,1-2H3;6-7H,3-5H2,1-2H3;1-4,8H. The van der Waals surface area contributed by atoms with Gasteiger partial charge in [-0.05, 0) is 89.4 Å². The lowest BCUT2D eigenvalue weighted by molar-refractivity contribution is 0.475. The molecule has 6 rings (SSSR count). The van der Waals surface area contributed by atoms with Crippen molar-refractivity contribution >= 4 is 61.2 Å². The van der Waals surface area contributed by atoms with Gasteiger partial charge in [0, 0.05) is 47.9 Å². The molecule has 0 spiro atoms. The van der Waals surface area contributed by atoms with Gasteiger partial charge < -0.3 is 9.84 Å². The van der Waals surface area contributed by atoms with Gasteiger partial charge in [-0.15, -0.1) is 0 Å². The fraction of sp³-hybridized carbons (Fsp3) is 0.278. The highest BCUT2D eigenvalue weighted by atomic mass is 79.9. The minimum Gasteiger partial charge on any atom is -0.508 e. The fourth-order valence-corrected chi connectivity index (χ4v) is 5.47. The Bertz CT molecular complexity index is 2350. The lowest BCUT2D eigenvalue weighted by atomic mass is 10.3. The Hall–Kier alpha value is -4.72. The summed E-state index contributed by atoms with van der Waals surface area (Å²) in [7, 11) is 3.24. The maximum Gasteiger partial charge on any atom is 0.332 e. The number of unbranched alkanes of at least 4 members (excludes halogenated alkanes) is 2. The number of phenols is 1. The number of benzene rings is 2. The summed E-state index contributed by atoms with van der Waals surface area (Å²) < 4.78 is 11.8. The summed E-state index contributed by atoms with van der Waals surface area (Å²) in [5.41, 5.74) is -0.524. The molecule has 0 atom stereocenters. The van der Waals surface area contributed by atoms with Gasteiger partial charge in [0.15, 0.2) is 0 Å². The molecular weight excluding hydrogens is 763 g/mol. The molecule has 0 amide bonds. The number of nitrogens with zero attached hydrogens (tertiary/aromatic N) is 6. The van der Waals surface area contributed by atoms with E-state index in [0.717, 1.165) is 30.2 Å². The van der Waals surface area contributed by atoms with Crippen LogP contribution in [0.4, 0.5) is 0 Å². The Kier molecular flexibility index (Phi) is 13.8. The second-order valence-corrected chi connectivity index (χ2v) is 13.2. The van der Waals surface area contributed by atoms with Gasteiger partial charge in [0.1, 0.15) is 28.5 Å². The second kappa shape index (κ2) is 18.0. The van der Waals surface area contributed by atoms with Crippen molar-refractivity contribution in [2.45, 2.75) is 52.6 Å². The predicted octanol–water partition coefficient (Wildman–Crippen LogP) is 7.04. The van der Waals surface area contributed by atoms with E-state index in [1.54, 1.807) is 81.0 Å². The van der Waals surface area contributed by atoms with Gasteiger partial charge in [-0.1, -0.05) is 49.9 Å². The number of ether oxygens (including phenoxy) is 1. The molecule has 0 saturated heterocycles. The molecule has 0 aliphatic rings. The van der Waals surface area contributed by atoms with Gasteiger partial charge in [0.25, 0.3) is 11.1 Å².